The predicted octanol–water partition coefficient (Wildman–Crippen LogP) is 5.72. The fourth-order valence-electron chi connectivity index (χ4n) is 13.8. The van der Waals surface area contributed by atoms with Gasteiger partial charge in [-0.05, 0) is 86.9 Å². The summed E-state index contributed by atoms with van der Waals surface area (Å²) >= 11 is 0. The fraction of sp³-hybridized carbons (Fsp3) is 0.571. The number of anilines is 2. The molecule has 3 aromatic rings. The van der Waals surface area contributed by atoms with Crippen molar-refractivity contribution in [3.8, 4) is 5.75 Å². The summed E-state index contributed by atoms with van der Waals surface area (Å²) in [6.07, 6.45) is 6.20. The molecule has 6 unspecified atom stereocenters. The first-order chi connectivity index (χ1) is 30.5. The molecular formula is C49H61F2N5O8. The van der Waals surface area contributed by atoms with Crippen LogP contribution in [0.25, 0.3) is 10.9 Å². The van der Waals surface area contributed by atoms with Gasteiger partial charge in [0.1, 0.15) is 11.2 Å². The second kappa shape index (κ2) is 15.6. The van der Waals surface area contributed by atoms with Crippen molar-refractivity contribution in [1.82, 2.24) is 14.8 Å². The van der Waals surface area contributed by atoms with Crippen LogP contribution in [0.1, 0.15) is 68.8 Å². The average molecular weight is 886 g/mol. The molecule has 1 aliphatic carbocycles. The zero-order valence-corrected chi connectivity index (χ0v) is 37.9. The highest BCUT2D eigenvalue weighted by molar-refractivity contribution is 5.96. The Bertz CT molecular complexity index is 2430. The van der Waals surface area contributed by atoms with Gasteiger partial charge in [0.15, 0.2) is 6.10 Å². The Labute approximate surface area is 373 Å². The van der Waals surface area contributed by atoms with Crippen LogP contribution in [0.15, 0.2) is 55.1 Å². The summed E-state index contributed by atoms with van der Waals surface area (Å²) in [7, 11) is 5.95. The van der Waals surface area contributed by atoms with Gasteiger partial charge >= 0.3 is 17.9 Å². The first-order valence-corrected chi connectivity index (χ1v) is 22.5. The molecule has 5 aliphatic heterocycles. The Morgan fingerprint density at radius 1 is 1.06 bits per heavy atom. The number of alkyl halides is 2. The number of hydrogen-bond donors (Lipinski definition) is 3. The topological polar surface area (TPSA) is 146 Å². The summed E-state index contributed by atoms with van der Waals surface area (Å²) in [5, 5.41) is 17.7. The maximum absolute atomic E-state index is 15.5. The van der Waals surface area contributed by atoms with E-state index in [4.69, 9.17) is 18.9 Å². The standard InChI is InChI=1S/C49H61F2N5O8/c1-9-17-52-31-12-13-36-33(22-31)32-14-19-55-26-29(21-30(27-55)45(4,50)51)25-48(39(32)53-36,43(58)62-7)35-23-34-37(24-38(35)61-6)54(5)41-47(34)16-20-56-18-11-15-46(10-2,40(47)56)42(64-28(3)57)49(41,60)44(59)63-8/h9,11-13,15,22-24,29-30,40-42,52-53,60H,1,10,14,16-21,25-27H2,2-8H3/t29?,30?,40?,41?,42-,46-,47?,48-,49+/m0/s1. The highest BCUT2D eigenvalue weighted by Gasteiger charge is 2.80. The molecule has 3 N–H and O–H groups in total. The van der Waals surface area contributed by atoms with Gasteiger partial charge in [-0.15, -0.1) is 6.58 Å². The minimum absolute atomic E-state index is 0.128. The van der Waals surface area contributed by atoms with Crippen molar-refractivity contribution in [3.05, 3.63) is 77.5 Å². The Kier molecular flexibility index (Phi) is 10.8. The first kappa shape index (κ1) is 44.2. The Morgan fingerprint density at radius 2 is 1.83 bits per heavy atom. The van der Waals surface area contributed by atoms with Gasteiger partial charge in [0.05, 0.1) is 27.4 Å². The van der Waals surface area contributed by atoms with Gasteiger partial charge < -0.3 is 44.2 Å². The van der Waals surface area contributed by atoms with E-state index in [0.29, 0.717) is 74.7 Å². The minimum atomic E-state index is -2.95. The number of esters is 3. The lowest BCUT2D eigenvalue weighted by atomic mass is 9.47. The number of aliphatic hydroxyl groups is 1. The largest absolute Gasteiger partial charge is 0.496 e. The number of benzene rings is 2. The molecule has 0 radical (unpaired) electrons. The molecule has 6 aliphatic rings. The molecule has 2 bridgehead atoms. The molecule has 9 rings (SSSR count). The molecule has 344 valence electrons. The summed E-state index contributed by atoms with van der Waals surface area (Å²) in [4.78, 5) is 53.0. The van der Waals surface area contributed by atoms with Crippen molar-refractivity contribution in [2.24, 2.45) is 17.3 Å². The van der Waals surface area contributed by atoms with E-state index in [1.54, 1.807) is 6.08 Å². The van der Waals surface area contributed by atoms with E-state index in [9.17, 15) is 14.7 Å². The van der Waals surface area contributed by atoms with Gasteiger partial charge in [-0.3, -0.25) is 14.5 Å². The number of ether oxygens (including phenoxy) is 4. The van der Waals surface area contributed by atoms with Gasteiger partial charge in [0.25, 0.3) is 0 Å². The van der Waals surface area contributed by atoms with Gasteiger partial charge in [-0.25, -0.2) is 13.6 Å². The summed E-state index contributed by atoms with van der Waals surface area (Å²) in [5.74, 6) is -6.02. The zero-order valence-electron chi connectivity index (χ0n) is 37.9. The van der Waals surface area contributed by atoms with Crippen LogP contribution in [-0.4, -0.2) is 135 Å². The molecule has 15 heteroatoms. The number of fused-ring (bicyclic) bond motifs is 6. The number of methoxy groups -OCH3 is 3. The molecule has 2 saturated heterocycles. The number of hydrogen-bond acceptors (Lipinski definition) is 12. The smallest absolute Gasteiger partial charge is 0.344 e. The highest BCUT2D eigenvalue weighted by Crippen LogP contribution is 2.68. The second-order valence-electron chi connectivity index (χ2n) is 19.2. The Hall–Kier alpha value is -4.99. The van der Waals surface area contributed by atoms with Gasteiger partial charge in [-0.2, -0.15) is 0 Å². The van der Waals surface area contributed by atoms with Crippen molar-refractivity contribution in [1.29, 1.82) is 0 Å². The first-order valence-electron chi connectivity index (χ1n) is 22.5. The number of nitrogens with one attached hydrogen (secondary N) is 2. The van der Waals surface area contributed by atoms with Crippen molar-refractivity contribution < 1.29 is 47.2 Å². The molecule has 64 heavy (non-hydrogen) atoms. The molecular weight excluding hydrogens is 825 g/mol. The third-order valence-corrected chi connectivity index (χ3v) is 16.1. The van der Waals surface area contributed by atoms with Crippen LogP contribution < -0.4 is 15.0 Å². The quantitative estimate of drug-likeness (QED) is 0.130. The maximum atomic E-state index is 15.5. The van der Waals surface area contributed by atoms with E-state index in [1.165, 1.54) is 28.3 Å². The molecule has 1 aromatic heterocycles. The van der Waals surface area contributed by atoms with E-state index in [0.717, 1.165) is 34.6 Å². The van der Waals surface area contributed by atoms with Crippen LogP contribution in [0.3, 0.4) is 0 Å². The number of carbonyl (C=O) groups is 3. The second-order valence-corrected chi connectivity index (χ2v) is 19.2. The molecule has 1 saturated carbocycles. The number of carbonyl (C=O) groups excluding carboxylic acids is 3. The van der Waals surface area contributed by atoms with E-state index in [-0.39, 0.29) is 31.3 Å². The number of aromatic nitrogens is 1. The van der Waals surface area contributed by atoms with Crippen LogP contribution in [0, 0.1) is 17.3 Å². The number of rotatable bonds is 10. The molecule has 0 amide bonds. The lowest BCUT2D eigenvalue weighted by Crippen LogP contribution is -2.81. The molecule has 3 fully saturated rings. The number of halogens is 2. The van der Waals surface area contributed by atoms with Gasteiger partial charge in [-0.1, -0.05) is 25.2 Å². The van der Waals surface area contributed by atoms with Crippen LogP contribution in [0.2, 0.25) is 0 Å². The van der Waals surface area contributed by atoms with Crippen molar-refractivity contribution >= 4 is 40.2 Å². The third-order valence-electron chi connectivity index (χ3n) is 16.1. The lowest BCUT2D eigenvalue weighted by molar-refractivity contribution is -0.228. The average Bonchev–Trinajstić information content (AvgIpc) is 3.94. The molecule has 2 aromatic carbocycles. The summed E-state index contributed by atoms with van der Waals surface area (Å²) < 4.78 is 54.9. The predicted molar refractivity (Wildman–Crippen MR) is 238 cm³/mol. The maximum Gasteiger partial charge on any atom is 0.344 e. The van der Waals surface area contributed by atoms with Gasteiger partial charge in [0.2, 0.25) is 11.5 Å². The zero-order chi connectivity index (χ0) is 45.7. The lowest BCUT2D eigenvalue weighted by Gasteiger charge is -2.63. The minimum Gasteiger partial charge on any atom is -0.496 e. The van der Waals surface area contributed by atoms with E-state index in [2.05, 4.69) is 32.7 Å². The Morgan fingerprint density at radius 3 is 2.50 bits per heavy atom. The van der Waals surface area contributed by atoms with Crippen molar-refractivity contribution in [3.63, 3.8) is 0 Å². The van der Waals surface area contributed by atoms with Crippen LogP contribution >= 0.6 is 0 Å². The number of H-pyrrole nitrogens is 1. The van der Waals surface area contributed by atoms with E-state index < -0.39 is 63.7 Å². The molecule has 1 spiro atoms. The van der Waals surface area contributed by atoms with Crippen LogP contribution in [0.5, 0.6) is 5.75 Å². The number of aromatic amines is 1. The molecule has 10 atom stereocenters. The number of piperidine rings is 1. The Balaban J connectivity index is 1.35. The number of likely N-dealkylation sites (N-methyl/N-ethyl adjacent to an activating group) is 1. The van der Waals surface area contributed by atoms with Crippen molar-refractivity contribution in [2.45, 2.75) is 93.4 Å². The summed E-state index contributed by atoms with van der Waals surface area (Å²) in [6, 6.07) is 8.53. The van der Waals surface area contributed by atoms with Gasteiger partial charge in [0, 0.05) is 109 Å². The number of nitrogens with zero attached hydrogens (tertiary/aromatic N) is 3. The molecule has 6 heterocycles. The normalized spacial score (nSPS) is 34.0. The summed E-state index contributed by atoms with van der Waals surface area (Å²) in [6.45, 7) is 11.1. The third kappa shape index (κ3) is 6.04. The van der Waals surface area contributed by atoms with Crippen LogP contribution in [0.4, 0.5) is 20.2 Å². The van der Waals surface area contributed by atoms with Crippen LogP contribution in [-0.2, 0) is 45.8 Å². The fourth-order valence-corrected chi connectivity index (χ4v) is 13.8. The van der Waals surface area contributed by atoms with E-state index >= 15 is 13.6 Å². The SMILES string of the molecule is C=CCNc1ccc2[nH]c3c(c2c1)CCN1CC(CC(C(C)(F)F)C1)C[C@]3(C(=O)OC)c1cc2c(cc1OC)N(C)C1C23CCN2CC=C[C@@](CC)(C23)[C@H](OC(C)=O)[C@@]1(O)C(=O)OC. The van der Waals surface area contributed by atoms with Crippen molar-refractivity contribution in [2.75, 3.05) is 77.9 Å². The molecule has 13 nitrogen and oxygen atoms in total. The monoisotopic (exact) mass is 885 g/mol. The summed E-state index contributed by atoms with van der Waals surface area (Å²) in [5.41, 5.74) is -0.900. The highest BCUT2D eigenvalue weighted by atomic mass is 19.3. The van der Waals surface area contributed by atoms with E-state index in [1.807, 2.05) is 55.3 Å².